The van der Waals surface area contributed by atoms with Crippen LogP contribution in [0.15, 0.2) is 47.6 Å². The third kappa shape index (κ3) is 3.83. The van der Waals surface area contributed by atoms with E-state index in [0.717, 1.165) is 34.4 Å². The van der Waals surface area contributed by atoms with Crippen LogP contribution in [0.3, 0.4) is 0 Å². The fourth-order valence-corrected chi connectivity index (χ4v) is 3.62. The van der Waals surface area contributed by atoms with Crippen LogP contribution in [0.1, 0.15) is 12.5 Å². The van der Waals surface area contributed by atoms with Crippen LogP contribution in [0.4, 0.5) is 4.39 Å². The quantitative estimate of drug-likeness (QED) is 0.574. The lowest BCUT2D eigenvalue weighted by Gasteiger charge is -2.10. The molecule has 3 rings (SSSR count). The van der Waals surface area contributed by atoms with E-state index in [1.54, 1.807) is 20.3 Å². The first-order valence-electron chi connectivity index (χ1n) is 8.19. The fraction of sp³-hybridized carbons (Fsp3) is 0.263. The van der Waals surface area contributed by atoms with Crippen LogP contribution in [0.2, 0.25) is 0 Å². The van der Waals surface area contributed by atoms with Gasteiger partial charge in [-0.2, -0.15) is 0 Å². The Kier molecular flexibility index (Phi) is 5.78. The van der Waals surface area contributed by atoms with Crippen molar-refractivity contribution in [3.8, 4) is 22.9 Å². The Bertz CT molecular complexity index is 881. The summed E-state index contributed by atoms with van der Waals surface area (Å²) in [6, 6.07) is 12.2. The van der Waals surface area contributed by atoms with E-state index in [1.165, 1.54) is 23.9 Å². The van der Waals surface area contributed by atoms with Crippen LogP contribution in [0.5, 0.6) is 11.5 Å². The van der Waals surface area contributed by atoms with Crippen molar-refractivity contribution in [3.05, 3.63) is 53.8 Å². The maximum Gasteiger partial charge on any atom is 0.191 e. The lowest BCUT2D eigenvalue weighted by molar-refractivity contribution is 0.410. The summed E-state index contributed by atoms with van der Waals surface area (Å²) >= 11 is 1.50. The van der Waals surface area contributed by atoms with Crippen molar-refractivity contribution in [2.75, 3.05) is 14.2 Å². The second-order valence-electron chi connectivity index (χ2n) is 5.52. The van der Waals surface area contributed by atoms with Gasteiger partial charge in [-0.05, 0) is 49.4 Å². The van der Waals surface area contributed by atoms with Crippen LogP contribution in [-0.2, 0) is 12.3 Å². The molecule has 1 aromatic heterocycles. The molecule has 136 valence electrons. The van der Waals surface area contributed by atoms with Crippen LogP contribution in [0, 0.1) is 5.82 Å². The number of hydrogen-bond donors (Lipinski definition) is 0. The van der Waals surface area contributed by atoms with Crippen LogP contribution < -0.4 is 9.47 Å². The average molecular weight is 373 g/mol. The number of thioether (sulfide) groups is 1. The molecule has 0 radical (unpaired) electrons. The predicted octanol–water partition coefficient (Wildman–Crippen LogP) is 4.41. The molecule has 0 aliphatic heterocycles. The summed E-state index contributed by atoms with van der Waals surface area (Å²) < 4.78 is 26.1. The number of halogens is 1. The van der Waals surface area contributed by atoms with Gasteiger partial charge in [-0.3, -0.25) is 0 Å². The number of hydrogen-bond acceptors (Lipinski definition) is 5. The van der Waals surface area contributed by atoms with Gasteiger partial charge in [0.25, 0.3) is 0 Å². The van der Waals surface area contributed by atoms with Gasteiger partial charge in [0.1, 0.15) is 17.3 Å². The topological polar surface area (TPSA) is 49.2 Å². The molecule has 2 aromatic carbocycles. The van der Waals surface area contributed by atoms with Crippen LogP contribution in [0.25, 0.3) is 11.4 Å². The van der Waals surface area contributed by atoms with E-state index < -0.39 is 0 Å². The molecule has 0 aliphatic rings. The minimum atomic E-state index is -0.280. The molecule has 7 heteroatoms. The van der Waals surface area contributed by atoms with E-state index in [4.69, 9.17) is 9.47 Å². The van der Waals surface area contributed by atoms with Crippen molar-refractivity contribution >= 4 is 11.8 Å². The largest absolute Gasteiger partial charge is 0.497 e. The summed E-state index contributed by atoms with van der Waals surface area (Å²) in [5.41, 5.74) is 1.75. The zero-order valence-electron chi connectivity index (χ0n) is 14.9. The summed E-state index contributed by atoms with van der Waals surface area (Å²) in [6.07, 6.45) is 0. The number of methoxy groups -OCH3 is 2. The molecule has 0 N–H and O–H groups in total. The number of rotatable bonds is 7. The molecule has 0 spiro atoms. The average Bonchev–Trinajstić information content (AvgIpc) is 3.09. The standard InChI is InChI=1S/C19H20FN3O2S/c1-4-23-18(13-5-8-16(24-2)9-6-13)21-22-19(23)26-12-14-11-15(20)7-10-17(14)25-3/h5-11H,4,12H2,1-3H3. The maximum absolute atomic E-state index is 13.5. The van der Waals surface area contributed by atoms with Gasteiger partial charge < -0.3 is 14.0 Å². The molecule has 3 aromatic rings. The number of benzene rings is 2. The molecule has 1 heterocycles. The molecule has 0 saturated carbocycles. The summed E-state index contributed by atoms with van der Waals surface area (Å²) in [4.78, 5) is 0. The minimum absolute atomic E-state index is 0.280. The van der Waals surface area contributed by atoms with Gasteiger partial charge >= 0.3 is 0 Å². The van der Waals surface area contributed by atoms with Gasteiger partial charge in [-0.25, -0.2) is 4.39 Å². The zero-order valence-corrected chi connectivity index (χ0v) is 15.7. The van der Waals surface area contributed by atoms with E-state index in [-0.39, 0.29) is 5.82 Å². The normalized spacial score (nSPS) is 10.8. The molecule has 0 aliphatic carbocycles. The molecule has 0 atom stereocenters. The van der Waals surface area contributed by atoms with E-state index >= 15 is 0 Å². The Balaban J connectivity index is 1.83. The van der Waals surface area contributed by atoms with Crippen molar-refractivity contribution in [2.45, 2.75) is 24.4 Å². The van der Waals surface area contributed by atoms with Gasteiger partial charge in [0.2, 0.25) is 0 Å². The molecule has 0 amide bonds. The third-order valence-corrected chi connectivity index (χ3v) is 5.00. The van der Waals surface area contributed by atoms with Crippen LogP contribution >= 0.6 is 11.8 Å². The van der Waals surface area contributed by atoms with E-state index in [0.29, 0.717) is 11.5 Å². The molecular weight excluding hydrogens is 353 g/mol. The monoisotopic (exact) mass is 373 g/mol. The van der Waals surface area contributed by atoms with Crippen molar-refractivity contribution in [1.29, 1.82) is 0 Å². The number of nitrogens with zero attached hydrogens (tertiary/aromatic N) is 3. The lowest BCUT2D eigenvalue weighted by atomic mass is 10.2. The van der Waals surface area contributed by atoms with Crippen molar-refractivity contribution in [1.82, 2.24) is 14.8 Å². The summed E-state index contributed by atoms with van der Waals surface area (Å²) in [6.45, 7) is 2.78. The summed E-state index contributed by atoms with van der Waals surface area (Å²) in [5, 5.41) is 9.42. The van der Waals surface area contributed by atoms with E-state index in [2.05, 4.69) is 10.2 Å². The molecule has 0 fully saturated rings. The minimum Gasteiger partial charge on any atom is -0.497 e. The molecule has 26 heavy (non-hydrogen) atoms. The van der Waals surface area contributed by atoms with Crippen molar-refractivity contribution < 1.29 is 13.9 Å². The maximum atomic E-state index is 13.5. The van der Waals surface area contributed by atoms with Gasteiger partial charge in [-0.1, -0.05) is 11.8 Å². The second-order valence-corrected chi connectivity index (χ2v) is 6.47. The van der Waals surface area contributed by atoms with Gasteiger partial charge in [-0.15, -0.1) is 10.2 Å². The Morgan fingerprint density at radius 3 is 2.46 bits per heavy atom. The highest BCUT2D eigenvalue weighted by Crippen LogP contribution is 2.30. The predicted molar refractivity (Wildman–Crippen MR) is 100 cm³/mol. The first-order valence-corrected chi connectivity index (χ1v) is 9.17. The highest BCUT2D eigenvalue weighted by molar-refractivity contribution is 7.98. The van der Waals surface area contributed by atoms with Gasteiger partial charge in [0.15, 0.2) is 11.0 Å². The third-order valence-electron chi connectivity index (χ3n) is 3.98. The SMILES string of the molecule is CCn1c(SCc2cc(F)ccc2OC)nnc1-c1ccc(OC)cc1. The first kappa shape index (κ1) is 18.3. The Labute approximate surface area is 156 Å². The van der Waals surface area contributed by atoms with Crippen LogP contribution in [-0.4, -0.2) is 29.0 Å². The molecule has 0 bridgehead atoms. The molecule has 0 unspecified atom stereocenters. The number of aromatic nitrogens is 3. The molecule has 0 saturated heterocycles. The Morgan fingerprint density at radius 2 is 1.81 bits per heavy atom. The fourth-order valence-electron chi connectivity index (χ4n) is 2.64. The second kappa shape index (κ2) is 8.23. The van der Waals surface area contributed by atoms with E-state index in [9.17, 15) is 4.39 Å². The smallest absolute Gasteiger partial charge is 0.191 e. The zero-order chi connectivity index (χ0) is 18.5. The van der Waals surface area contributed by atoms with Crippen molar-refractivity contribution in [3.63, 3.8) is 0 Å². The Morgan fingerprint density at radius 1 is 1.04 bits per heavy atom. The summed E-state index contributed by atoms with van der Waals surface area (Å²) in [7, 11) is 3.22. The highest BCUT2D eigenvalue weighted by atomic mass is 32.2. The molecular formula is C19H20FN3O2S. The Hall–Kier alpha value is -2.54. The number of ether oxygens (including phenoxy) is 2. The first-order chi connectivity index (χ1) is 12.7. The van der Waals surface area contributed by atoms with Gasteiger partial charge in [0, 0.05) is 23.4 Å². The molecule has 5 nitrogen and oxygen atoms in total. The van der Waals surface area contributed by atoms with Gasteiger partial charge in [0.05, 0.1) is 14.2 Å². The van der Waals surface area contributed by atoms with E-state index in [1.807, 2.05) is 35.8 Å². The highest BCUT2D eigenvalue weighted by Gasteiger charge is 2.14. The lowest BCUT2D eigenvalue weighted by Crippen LogP contribution is -2.00. The summed E-state index contributed by atoms with van der Waals surface area (Å²) in [5.74, 6) is 2.52. The van der Waals surface area contributed by atoms with Crippen molar-refractivity contribution in [2.24, 2.45) is 0 Å².